The van der Waals surface area contributed by atoms with Gasteiger partial charge in [0, 0.05) is 56.4 Å². The third-order valence-electron chi connectivity index (χ3n) is 6.58. The van der Waals surface area contributed by atoms with E-state index in [4.69, 9.17) is 11.6 Å². The Balaban J connectivity index is 1.26. The molecule has 1 amide bonds. The molecule has 1 saturated carbocycles. The predicted molar refractivity (Wildman–Crippen MR) is 125 cm³/mol. The van der Waals surface area contributed by atoms with E-state index in [9.17, 15) is 9.90 Å². The summed E-state index contributed by atoms with van der Waals surface area (Å²) in [6.45, 7) is 8.52. The highest BCUT2D eigenvalue weighted by molar-refractivity contribution is 6.31. The quantitative estimate of drug-likeness (QED) is 0.512. The van der Waals surface area contributed by atoms with E-state index in [1.807, 2.05) is 17.0 Å². The van der Waals surface area contributed by atoms with Gasteiger partial charge in [-0.05, 0) is 42.5 Å². The molecule has 1 aromatic carbocycles. The molecule has 0 spiro atoms. The fourth-order valence-electron chi connectivity index (χ4n) is 4.48. The number of aromatic nitrogens is 2. The SMILES string of the molecule is C=CC(=O)N1CC(N2CCN(c3nnccc3Nc3cc(C4CC4)c(Cl)cc3O)CC2)C1. The van der Waals surface area contributed by atoms with E-state index < -0.39 is 0 Å². The Morgan fingerprint density at radius 3 is 2.62 bits per heavy atom. The topological polar surface area (TPSA) is 84.8 Å². The van der Waals surface area contributed by atoms with Crippen molar-refractivity contribution < 1.29 is 9.90 Å². The summed E-state index contributed by atoms with van der Waals surface area (Å²) >= 11 is 6.33. The summed E-state index contributed by atoms with van der Waals surface area (Å²) in [7, 11) is 0. The number of nitrogens with zero attached hydrogens (tertiary/aromatic N) is 5. The number of aromatic hydroxyl groups is 1. The zero-order valence-electron chi connectivity index (χ0n) is 17.9. The highest BCUT2D eigenvalue weighted by atomic mass is 35.5. The van der Waals surface area contributed by atoms with E-state index >= 15 is 0 Å². The maximum Gasteiger partial charge on any atom is 0.246 e. The van der Waals surface area contributed by atoms with E-state index in [2.05, 4.69) is 31.9 Å². The second kappa shape index (κ2) is 8.60. The fraction of sp³-hybridized carbons (Fsp3) is 0.435. The summed E-state index contributed by atoms with van der Waals surface area (Å²) in [6.07, 6.45) is 5.30. The standard InChI is InChI=1S/C23H27ClN6O2/c1-2-22(32)30-13-16(14-30)28-7-9-29(10-8-28)23-19(5-6-25-27-23)26-20-11-17(15-3-4-15)18(24)12-21(20)31/h2,5-6,11-12,15-16,31H,1,3-4,7-10,13-14H2,(H,25,26). The van der Waals surface area contributed by atoms with E-state index in [1.165, 1.54) is 6.08 Å². The Bertz CT molecular complexity index is 1030. The summed E-state index contributed by atoms with van der Waals surface area (Å²) in [4.78, 5) is 18.2. The molecule has 168 valence electrons. The minimum atomic E-state index is 0.00505. The van der Waals surface area contributed by atoms with Crippen molar-refractivity contribution in [2.24, 2.45) is 0 Å². The van der Waals surface area contributed by atoms with Gasteiger partial charge in [0.25, 0.3) is 0 Å². The molecular weight excluding hydrogens is 428 g/mol. The number of hydrogen-bond acceptors (Lipinski definition) is 7. The second-order valence-electron chi connectivity index (χ2n) is 8.68. The maximum absolute atomic E-state index is 11.7. The van der Waals surface area contributed by atoms with Crippen molar-refractivity contribution in [1.82, 2.24) is 20.0 Å². The van der Waals surface area contributed by atoms with Crippen LogP contribution in [0.4, 0.5) is 17.2 Å². The summed E-state index contributed by atoms with van der Waals surface area (Å²) in [6, 6.07) is 5.85. The fourth-order valence-corrected chi connectivity index (χ4v) is 4.79. The number of carbonyl (C=O) groups is 1. The van der Waals surface area contributed by atoms with Gasteiger partial charge in [-0.2, -0.15) is 5.10 Å². The number of halogens is 1. The number of piperazine rings is 1. The first-order valence-corrected chi connectivity index (χ1v) is 11.4. The molecule has 0 bridgehead atoms. The molecule has 2 saturated heterocycles. The molecule has 5 rings (SSSR count). The first-order chi connectivity index (χ1) is 15.5. The number of nitrogens with one attached hydrogen (secondary N) is 1. The van der Waals surface area contributed by atoms with Crippen LogP contribution in [0.5, 0.6) is 5.75 Å². The lowest BCUT2D eigenvalue weighted by Crippen LogP contribution is -2.64. The van der Waals surface area contributed by atoms with Crippen molar-refractivity contribution in [3.8, 4) is 5.75 Å². The van der Waals surface area contributed by atoms with Crippen molar-refractivity contribution in [2.75, 3.05) is 49.5 Å². The molecule has 2 aliphatic heterocycles. The van der Waals surface area contributed by atoms with Crippen LogP contribution in [0.2, 0.25) is 5.02 Å². The number of benzene rings is 1. The molecule has 2 aromatic rings. The third kappa shape index (κ3) is 4.12. The van der Waals surface area contributed by atoms with Crippen LogP contribution in [0.1, 0.15) is 24.3 Å². The summed E-state index contributed by atoms with van der Waals surface area (Å²) in [5.41, 5.74) is 2.51. The Hall–Kier alpha value is -2.84. The molecule has 1 aromatic heterocycles. The van der Waals surface area contributed by atoms with Crippen LogP contribution in [0.3, 0.4) is 0 Å². The highest BCUT2D eigenvalue weighted by Gasteiger charge is 2.35. The minimum absolute atomic E-state index is 0.00505. The number of rotatable bonds is 6. The van der Waals surface area contributed by atoms with Gasteiger partial charge >= 0.3 is 0 Å². The lowest BCUT2D eigenvalue weighted by atomic mass is 10.1. The van der Waals surface area contributed by atoms with Gasteiger partial charge in [-0.1, -0.05) is 18.2 Å². The van der Waals surface area contributed by atoms with Crippen molar-refractivity contribution >= 4 is 34.7 Å². The van der Waals surface area contributed by atoms with Gasteiger partial charge in [0.15, 0.2) is 5.82 Å². The van der Waals surface area contributed by atoms with Gasteiger partial charge < -0.3 is 20.2 Å². The van der Waals surface area contributed by atoms with Crippen molar-refractivity contribution in [2.45, 2.75) is 24.8 Å². The normalized spacial score (nSPS) is 19.5. The van der Waals surface area contributed by atoms with E-state index in [0.717, 1.165) is 69.2 Å². The molecule has 0 unspecified atom stereocenters. The van der Waals surface area contributed by atoms with Crippen molar-refractivity contribution in [3.63, 3.8) is 0 Å². The average molecular weight is 455 g/mol. The minimum Gasteiger partial charge on any atom is -0.506 e. The van der Waals surface area contributed by atoms with Gasteiger partial charge in [0.2, 0.25) is 5.91 Å². The number of hydrogen-bond donors (Lipinski definition) is 2. The van der Waals surface area contributed by atoms with Gasteiger partial charge in [-0.25, -0.2) is 0 Å². The molecule has 3 fully saturated rings. The predicted octanol–water partition coefficient (Wildman–Crippen LogP) is 2.98. The van der Waals surface area contributed by atoms with E-state index in [1.54, 1.807) is 12.3 Å². The molecule has 1 aliphatic carbocycles. The maximum atomic E-state index is 11.7. The summed E-state index contributed by atoms with van der Waals surface area (Å²) < 4.78 is 0. The van der Waals surface area contributed by atoms with Gasteiger partial charge in [-0.15, -0.1) is 5.10 Å². The number of anilines is 3. The average Bonchev–Trinajstić information content (AvgIpc) is 3.60. The van der Waals surface area contributed by atoms with E-state index in [-0.39, 0.29) is 11.7 Å². The van der Waals surface area contributed by atoms with Crippen LogP contribution >= 0.6 is 11.6 Å². The second-order valence-corrected chi connectivity index (χ2v) is 9.09. The van der Waals surface area contributed by atoms with Gasteiger partial charge in [0.1, 0.15) is 5.75 Å². The van der Waals surface area contributed by atoms with Crippen LogP contribution < -0.4 is 10.2 Å². The smallest absolute Gasteiger partial charge is 0.246 e. The molecule has 32 heavy (non-hydrogen) atoms. The number of likely N-dealkylation sites (tertiary alicyclic amines) is 1. The van der Waals surface area contributed by atoms with Crippen molar-refractivity contribution in [1.29, 1.82) is 0 Å². The zero-order valence-corrected chi connectivity index (χ0v) is 18.6. The summed E-state index contributed by atoms with van der Waals surface area (Å²) in [5.74, 6) is 1.38. The van der Waals surface area contributed by atoms with Crippen LogP contribution in [0, 0.1) is 0 Å². The summed E-state index contributed by atoms with van der Waals surface area (Å²) in [5, 5.41) is 22.9. The Kier molecular flexibility index (Phi) is 5.65. The van der Waals surface area contributed by atoms with E-state index in [0.29, 0.717) is 22.7 Å². The number of phenols is 1. The Morgan fingerprint density at radius 1 is 1.19 bits per heavy atom. The molecule has 9 heteroatoms. The van der Waals surface area contributed by atoms with Crippen LogP contribution in [0.15, 0.2) is 37.1 Å². The Morgan fingerprint density at radius 2 is 1.94 bits per heavy atom. The molecule has 0 atom stereocenters. The third-order valence-corrected chi connectivity index (χ3v) is 6.91. The molecule has 2 N–H and O–H groups in total. The Labute approximate surface area is 192 Å². The molecular formula is C23H27ClN6O2. The van der Waals surface area contributed by atoms with Crippen LogP contribution in [-0.4, -0.2) is 76.3 Å². The molecule has 0 radical (unpaired) electrons. The molecule has 3 aliphatic rings. The first-order valence-electron chi connectivity index (χ1n) is 11.0. The molecule has 3 heterocycles. The highest BCUT2D eigenvalue weighted by Crippen LogP contribution is 2.46. The van der Waals surface area contributed by atoms with Crippen LogP contribution in [-0.2, 0) is 4.79 Å². The number of phenolic OH excluding ortho intramolecular Hbond substituents is 1. The largest absolute Gasteiger partial charge is 0.506 e. The number of amides is 1. The van der Waals surface area contributed by atoms with Crippen LogP contribution in [0.25, 0.3) is 0 Å². The van der Waals surface area contributed by atoms with Gasteiger partial charge in [0.05, 0.1) is 17.6 Å². The van der Waals surface area contributed by atoms with Gasteiger partial charge in [-0.3, -0.25) is 9.69 Å². The monoisotopic (exact) mass is 454 g/mol. The van der Waals surface area contributed by atoms with Crippen molar-refractivity contribution in [3.05, 3.63) is 47.6 Å². The molecule has 8 nitrogen and oxygen atoms in total. The lowest BCUT2D eigenvalue weighted by molar-refractivity contribution is -0.133. The lowest BCUT2D eigenvalue weighted by Gasteiger charge is -2.48. The zero-order chi connectivity index (χ0) is 22.2. The number of carbonyl (C=O) groups excluding carboxylic acids is 1. The first kappa shape index (κ1) is 21.0.